The summed E-state index contributed by atoms with van der Waals surface area (Å²) in [5.74, 6) is 0.0905. The highest BCUT2D eigenvalue weighted by Crippen LogP contribution is 2.29. The Morgan fingerprint density at radius 3 is 2.58 bits per heavy atom. The molecule has 0 aliphatic rings. The van der Waals surface area contributed by atoms with Crippen LogP contribution < -0.4 is 15.6 Å². The van der Waals surface area contributed by atoms with Crippen molar-refractivity contribution in [2.75, 3.05) is 12.5 Å². The first-order valence-electron chi connectivity index (χ1n) is 5.77. The molecule has 0 aromatic heterocycles. The fourth-order valence-electron chi connectivity index (χ4n) is 1.65. The quantitative estimate of drug-likeness (QED) is 0.821. The molecule has 2 N–H and O–H groups in total. The van der Waals surface area contributed by atoms with Crippen molar-refractivity contribution in [2.45, 2.75) is 6.54 Å². The Bertz CT molecular complexity index is 549. The van der Waals surface area contributed by atoms with Gasteiger partial charge in [-0.3, -0.25) is 0 Å². The van der Waals surface area contributed by atoms with Crippen molar-refractivity contribution in [2.24, 2.45) is 0 Å². The highest BCUT2D eigenvalue weighted by atomic mass is 35.5. The standard InChI is InChI=1S/C14H14ClFN2O/c1-19-13-8-7-12(16)11(14(13)15)9-17-18-10-5-3-2-4-6-10/h2-8,17-18H,9H2,1H3. The molecule has 5 heteroatoms. The van der Waals surface area contributed by atoms with E-state index in [1.807, 2.05) is 30.3 Å². The van der Waals surface area contributed by atoms with Crippen LogP contribution in [0.1, 0.15) is 5.56 Å². The summed E-state index contributed by atoms with van der Waals surface area (Å²) >= 11 is 6.06. The second-order valence-corrected chi connectivity index (χ2v) is 4.26. The summed E-state index contributed by atoms with van der Waals surface area (Å²) in [6.07, 6.45) is 0. The minimum absolute atomic E-state index is 0.247. The third kappa shape index (κ3) is 3.36. The van der Waals surface area contributed by atoms with E-state index in [-0.39, 0.29) is 17.4 Å². The average molecular weight is 281 g/mol. The number of ether oxygens (including phenoxy) is 1. The lowest BCUT2D eigenvalue weighted by atomic mass is 10.2. The number of hydrogen-bond acceptors (Lipinski definition) is 3. The minimum atomic E-state index is -0.367. The van der Waals surface area contributed by atoms with Gasteiger partial charge < -0.3 is 10.2 Å². The van der Waals surface area contributed by atoms with Crippen LogP contribution in [-0.2, 0) is 6.54 Å². The minimum Gasteiger partial charge on any atom is -0.495 e. The van der Waals surface area contributed by atoms with Gasteiger partial charge in [-0.1, -0.05) is 29.8 Å². The molecule has 0 aliphatic heterocycles. The summed E-state index contributed by atoms with van der Waals surface area (Å²) in [5, 5.41) is 0.282. The summed E-state index contributed by atoms with van der Waals surface area (Å²) in [4.78, 5) is 0. The van der Waals surface area contributed by atoms with E-state index in [0.717, 1.165) is 5.69 Å². The van der Waals surface area contributed by atoms with E-state index in [1.54, 1.807) is 0 Å². The van der Waals surface area contributed by atoms with Gasteiger partial charge in [-0.2, -0.15) is 0 Å². The van der Waals surface area contributed by atoms with Gasteiger partial charge in [-0.25, -0.2) is 9.82 Å². The number of hydrogen-bond donors (Lipinski definition) is 2. The zero-order valence-electron chi connectivity index (χ0n) is 10.4. The highest BCUT2D eigenvalue weighted by Gasteiger charge is 2.11. The van der Waals surface area contributed by atoms with Crippen molar-refractivity contribution in [3.8, 4) is 5.75 Å². The van der Waals surface area contributed by atoms with Crippen LogP contribution in [0, 0.1) is 5.82 Å². The monoisotopic (exact) mass is 280 g/mol. The number of rotatable bonds is 5. The predicted octanol–water partition coefficient (Wildman–Crippen LogP) is 3.60. The molecule has 2 rings (SSSR count). The summed E-state index contributed by atoms with van der Waals surface area (Å²) in [5.41, 5.74) is 7.15. The molecular formula is C14H14ClFN2O. The Hall–Kier alpha value is -1.78. The van der Waals surface area contributed by atoms with Crippen LogP contribution in [0.25, 0.3) is 0 Å². The third-order valence-corrected chi connectivity index (χ3v) is 3.06. The Labute approximate surface area is 116 Å². The molecule has 0 unspecified atom stereocenters. The zero-order valence-corrected chi connectivity index (χ0v) is 11.2. The Morgan fingerprint density at radius 1 is 1.16 bits per heavy atom. The van der Waals surface area contributed by atoms with Crippen molar-refractivity contribution in [1.82, 2.24) is 5.43 Å². The normalized spacial score (nSPS) is 10.3. The van der Waals surface area contributed by atoms with Gasteiger partial charge in [0.15, 0.2) is 0 Å². The molecule has 0 atom stereocenters. The van der Waals surface area contributed by atoms with E-state index in [9.17, 15) is 4.39 Å². The van der Waals surface area contributed by atoms with Crippen molar-refractivity contribution >= 4 is 17.3 Å². The highest BCUT2D eigenvalue weighted by molar-refractivity contribution is 6.32. The van der Waals surface area contributed by atoms with Crippen LogP contribution >= 0.6 is 11.6 Å². The molecular weight excluding hydrogens is 267 g/mol. The first-order chi connectivity index (χ1) is 9.22. The summed E-state index contributed by atoms with van der Waals surface area (Å²) < 4.78 is 18.7. The smallest absolute Gasteiger partial charge is 0.137 e. The summed E-state index contributed by atoms with van der Waals surface area (Å²) in [6, 6.07) is 12.4. The van der Waals surface area contributed by atoms with Gasteiger partial charge >= 0.3 is 0 Å². The number of anilines is 1. The average Bonchev–Trinajstić information content (AvgIpc) is 2.44. The number of hydrazine groups is 1. The molecule has 0 aliphatic carbocycles. The van der Waals surface area contributed by atoms with E-state index < -0.39 is 0 Å². The van der Waals surface area contributed by atoms with E-state index in [1.165, 1.54) is 19.2 Å². The molecule has 0 bridgehead atoms. The molecule has 0 saturated carbocycles. The largest absolute Gasteiger partial charge is 0.495 e. The van der Waals surface area contributed by atoms with E-state index in [0.29, 0.717) is 11.3 Å². The second kappa shape index (κ2) is 6.41. The number of benzene rings is 2. The number of para-hydroxylation sites is 1. The second-order valence-electron chi connectivity index (χ2n) is 3.89. The van der Waals surface area contributed by atoms with Gasteiger partial charge in [0, 0.05) is 17.8 Å². The van der Waals surface area contributed by atoms with E-state index in [4.69, 9.17) is 16.3 Å². The maximum absolute atomic E-state index is 13.7. The van der Waals surface area contributed by atoms with E-state index >= 15 is 0 Å². The summed E-state index contributed by atoms with van der Waals surface area (Å²) in [6.45, 7) is 0.247. The van der Waals surface area contributed by atoms with Gasteiger partial charge in [-0.05, 0) is 24.3 Å². The maximum atomic E-state index is 13.7. The molecule has 2 aromatic carbocycles. The summed E-state index contributed by atoms with van der Waals surface area (Å²) in [7, 11) is 1.50. The Morgan fingerprint density at radius 2 is 1.89 bits per heavy atom. The van der Waals surface area contributed by atoms with Crippen LogP contribution in [-0.4, -0.2) is 7.11 Å². The SMILES string of the molecule is COc1ccc(F)c(CNNc2ccccc2)c1Cl. The molecule has 0 heterocycles. The van der Waals surface area contributed by atoms with Crippen LogP contribution in [0.2, 0.25) is 5.02 Å². The topological polar surface area (TPSA) is 33.3 Å². The van der Waals surface area contributed by atoms with Gasteiger partial charge in [0.25, 0.3) is 0 Å². The number of halogens is 2. The van der Waals surface area contributed by atoms with Gasteiger partial charge in [0.2, 0.25) is 0 Å². The molecule has 0 saturated heterocycles. The van der Waals surface area contributed by atoms with Gasteiger partial charge in [0.1, 0.15) is 11.6 Å². The predicted molar refractivity (Wildman–Crippen MR) is 74.9 cm³/mol. The molecule has 0 radical (unpaired) electrons. The van der Waals surface area contributed by atoms with Crippen molar-refractivity contribution in [3.63, 3.8) is 0 Å². The fraction of sp³-hybridized carbons (Fsp3) is 0.143. The molecule has 19 heavy (non-hydrogen) atoms. The van der Waals surface area contributed by atoms with Crippen LogP contribution in [0.15, 0.2) is 42.5 Å². The third-order valence-electron chi connectivity index (χ3n) is 2.64. The van der Waals surface area contributed by atoms with Crippen molar-refractivity contribution in [1.29, 1.82) is 0 Å². The van der Waals surface area contributed by atoms with Crippen LogP contribution in [0.4, 0.5) is 10.1 Å². The van der Waals surface area contributed by atoms with E-state index in [2.05, 4.69) is 10.9 Å². The Balaban J connectivity index is 2.03. The lowest BCUT2D eigenvalue weighted by Gasteiger charge is -2.12. The van der Waals surface area contributed by atoms with Crippen molar-refractivity contribution in [3.05, 3.63) is 58.9 Å². The first-order valence-corrected chi connectivity index (χ1v) is 6.15. The Kier molecular flexibility index (Phi) is 4.60. The van der Waals surface area contributed by atoms with Crippen LogP contribution in [0.5, 0.6) is 5.75 Å². The zero-order chi connectivity index (χ0) is 13.7. The molecule has 0 amide bonds. The first kappa shape index (κ1) is 13.6. The molecule has 3 nitrogen and oxygen atoms in total. The molecule has 0 fully saturated rings. The number of methoxy groups -OCH3 is 1. The van der Waals surface area contributed by atoms with Gasteiger partial charge in [0.05, 0.1) is 12.1 Å². The lowest BCUT2D eigenvalue weighted by Crippen LogP contribution is -2.21. The fourth-order valence-corrected chi connectivity index (χ4v) is 1.95. The molecule has 2 aromatic rings. The van der Waals surface area contributed by atoms with Crippen LogP contribution in [0.3, 0.4) is 0 Å². The van der Waals surface area contributed by atoms with Crippen molar-refractivity contribution < 1.29 is 9.13 Å². The maximum Gasteiger partial charge on any atom is 0.137 e. The molecule has 100 valence electrons. The number of nitrogens with one attached hydrogen (secondary N) is 2. The van der Waals surface area contributed by atoms with Gasteiger partial charge in [-0.15, -0.1) is 0 Å². The molecule has 0 spiro atoms. The lowest BCUT2D eigenvalue weighted by molar-refractivity contribution is 0.412.